The first-order valence-corrected chi connectivity index (χ1v) is 5.07. The number of benzene rings is 1. The Morgan fingerprint density at radius 3 is 2.32 bits per heavy atom. The highest BCUT2D eigenvalue weighted by Gasteiger charge is 2.31. The van der Waals surface area contributed by atoms with Crippen LogP contribution in [0, 0.1) is 5.82 Å². The first-order chi connectivity index (χ1) is 8.86. The van der Waals surface area contributed by atoms with Gasteiger partial charge in [-0.1, -0.05) is 0 Å². The monoisotopic (exact) mass is 272 g/mol. The average Bonchev–Trinajstić information content (AvgIpc) is 2.33. The van der Waals surface area contributed by atoms with Crippen LogP contribution in [0.3, 0.4) is 0 Å². The molecule has 100 valence electrons. The van der Waals surface area contributed by atoms with E-state index in [2.05, 4.69) is 15.3 Å². The van der Waals surface area contributed by atoms with E-state index in [1.807, 2.05) is 0 Å². The molecule has 0 bridgehead atoms. The van der Waals surface area contributed by atoms with E-state index in [-0.39, 0.29) is 17.3 Å². The largest absolute Gasteiger partial charge is 0.416 e. The van der Waals surface area contributed by atoms with Crippen LogP contribution in [0.1, 0.15) is 5.56 Å². The molecule has 0 saturated carbocycles. The van der Waals surface area contributed by atoms with Crippen LogP contribution in [-0.4, -0.2) is 9.97 Å². The highest BCUT2D eigenvalue weighted by molar-refractivity contribution is 5.56. The van der Waals surface area contributed by atoms with Crippen molar-refractivity contribution in [1.29, 1.82) is 0 Å². The minimum Gasteiger partial charge on any atom is -0.396 e. The maximum Gasteiger partial charge on any atom is 0.416 e. The van der Waals surface area contributed by atoms with Crippen LogP contribution < -0.4 is 11.1 Å². The Kier molecular flexibility index (Phi) is 3.24. The minimum atomic E-state index is -4.55. The fourth-order valence-electron chi connectivity index (χ4n) is 1.32. The molecule has 2 aromatic rings. The zero-order valence-electron chi connectivity index (χ0n) is 9.37. The number of anilines is 3. The Morgan fingerprint density at radius 2 is 1.74 bits per heavy atom. The van der Waals surface area contributed by atoms with Gasteiger partial charge in [0.05, 0.1) is 29.3 Å². The molecule has 0 aliphatic heterocycles. The van der Waals surface area contributed by atoms with Crippen LogP contribution in [0.4, 0.5) is 34.9 Å². The maximum absolute atomic E-state index is 13.4. The summed E-state index contributed by atoms with van der Waals surface area (Å²) < 4.78 is 50.9. The van der Waals surface area contributed by atoms with Gasteiger partial charge in [0, 0.05) is 0 Å². The van der Waals surface area contributed by atoms with Crippen molar-refractivity contribution in [2.45, 2.75) is 6.18 Å². The van der Waals surface area contributed by atoms with Gasteiger partial charge in [-0.05, 0) is 18.2 Å². The van der Waals surface area contributed by atoms with Crippen molar-refractivity contribution < 1.29 is 17.6 Å². The first kappa shape index (κ1) is 13.1. The zero-order valence-corrected chi connectivity index (χ0v) is 9.37. The van der Waals surface area contributed by atoms with Gasteiger partial charge in [0.15, 0.2) is 0 Å². The van der Waals surface area contributed by atoms with Gasteiger partial charge in [-0.15, -0.1) is 0 Å². The number of rotatable bonds is 2. The second-order valence-electron chi connectivity index (χ2n) is 3.66. The standard InChI is InChI=1S/C11H8F4N4/c12-8-2-1-6(11(13,14)15)3-9(8)19-10-17-4-7(16)5-18-10/h1-5H,16H2,(H,17,18,19). The zero-order chi connectivity index (χ0) is 14.0. The molecule has 1 heterocycles. The third-order valence-corrected chi connectivity index (χ3v) is 2.21. The van der Waals surface area contributed by atoms with E-state index >= 15 is 0 Å². The molecule has 0 saturated heterocycles. The van der Waals surface area contributed by atoms with E-state index in [9.17, 15) is 17.6 Å². The summed E-state index contributed by atoms with van der Waals surface area (Å²) in [4.78, 5) is 7.42. The summed E-state index contributed by atoms with van der Waals surface area (Å²) >= 11 is 0. The van der Waals surface area contributed by atoms with Crippen molar-refractivity contribution in [2.75, 3.05) is 11.1 Å². The Labute approximate surface area is 105 Å². The summed E-state index contributed by atoms with van der Waals surface area (Å²) in [5, 5.41) is 2.36. The molecule has 1 aromatic heterocycles. The number of nitrogens with one attached hydrogen (secondary N) is 1. The first-order valence-electron chi connectivity index (χ1n) is 5.07. The summed E-state index contributed by atoms with van der Waals surface area (Å²) in [5.74, 6) is -0.888. The number of hydrogen-bond donors (Lipinski definition) is 2. The third kappa shape index (κ3) is 3.09. The van der Waals surface area contributed by atoms with Gasteiger partial charge >= 0.3 is 6.18 Å². The molecule has 0 atom stereocenters. The van der Waals surface area contributed by atoms with Crippen LogP contribution in [0.2, 0.25) is 0 Å². The highest BCUT2D eigenvalue weighted by Crippen LogP contribution is 2.32. The predicted molar refractivity (Wildman–Crippen MR) is 61.1 cm³/mol. The number of nitrogens with zero attached hydrogens (tertiary/aromatic N) is 2. The number of alkyl halides is 3. The molecule has 0 spiro atoms. The van der Waals surface area contributed by atoms with Crippen LogP contribution in [0.25, 0.3) is 0 Å². The average molecular weight is 272 g/mol. The lowest BCUT2D eigenvalue weighted by atomic mass is 10.2. The topological polar surface area (TPSA) is 63.8 Å². The smallest absolute Gasteiger partial charge is 0.396 e. The molecule has 0 aliphatic rings. The fraction of sp³-hybridized carbons (Fsp3) is 0.0909. The highest BCUT2D eigenvalue weighted by atomic mass is 19.4. The lowest BCUT2D eigenvalue weighted by Crippen LogP contribution is -2.07. The van der Waals surface area contributed by atoms with Gasteiger partial charge in [-0.2, -0.15) is 13.2 Å². The number of hydrogen-bond acceptors (Lipinski definition) is 4. The van der Waals surface area contributed by atoms with E-state index in [4.69, 9.17) is 5.73 Å². The van der Waals surface area contributed by atoms with Crippen molar-refractivity contribution in [3.8, 4) is 0 Å². The van der Waals surface area contributed by atoms with Crippen molar-refractivity contribution in [2.24, 2.45) is 0 Å². The molecule has 0 radical (unpaired) electrons. The lowest BCUT2D eigenvalue weighted by molar-refractivity contribution is -0.137. The van der Waals surface area contributed by atoms with E-state index in [0.29, 0.717) is 12.1 Å². The quantitative estimate of drug-likeness (QED) is 0.825. The van der Waals surface area contributed by atoms with Gasteiger partial charge in [0.2, 0.25) is 5.95 Å². The molecule has 0 aliphatic carbocycles. The third-order valence-electron chi connectivity index (χ3n) is 2.21. The molecular weight excluding hydrogens is 264 g/mol. The van der Waals surface area contributed by atoms with Crippen molar-refractivity contribution in [3.05, 3.63) is 42.0 Å². The number of nitrogen functional groups attached to an aromatic ring is 1. The van der Waals surface area contributed by atoms with Crippen LogP contribution in [-0.2, 0) is 6.18 Å². The summed E-state index contributed by atoms with van der Waals surface area (Å²) in [6, 6.07) is 2.03. The normalized spacial score (nSPS) is 11.4. The van der Waals surface area contributed by atoms with Gasteiger partial charge in [0.1, 0.15) is 5.82 Å². The molecule has 0 unspecified atom stereocenters. The number of halogens is 4. The van der Waals surface area contributed by atoms with Crippen molar-refractivity contribution >= 4 is 17.3 Å². The van der Waals surface area contributed by atoms with Gasteiger partial charge < -0.3 is 11.1 Å². The summed E-state index contributed by atoms with van der Waals surface area (Å²) in [6.45, 7) is 0. The molecule has 8 heteroatoms. The lowest BCUT2D eigenvalue weighted by Gasteiger charge is -2.10. The molecule has 0 fully saturated rings. The van der Waals surface area contributed by atoms with Gasteiger partial charge in [-0.3, -0.25) is 0 Å². The Balaban J connectivity index is 2.31. The Bertz CT molecular complexity index is 580. The maximum atomic E-state index is 13.4. The van der Waals surface area contributed by atoms with E-state index in [1.165, 1.54) is 12.4 Å². The molecule has 1 aromatic carbocycles. The SMILES string of the molecule is Nc1cnc(Nc2cc(C(F)(F)F)ccc2F)nc1. The summed E-state index contributed by atoms with van der Waals surface area (Å²) in [7, 11) is 0. The van der Waals surface area contributed by atoms with Gasteiger partial charge in [0.25, 0.3) is 0 Å². The van der Waals surface area contributed by atoms with E-state index < -0.39 is 17.6 Å². The van der Waals surface area contributed by atoms with Gasteiger partial charge in [-0.25, -0.2) is 14.4 Å². The minimum absolute atomic E-state index is 0.0487. The van der Waals surface area contributed by atoms with E-state index in [1.54, 1.807) is 0 Å². The second kappa shape index (κ2) is 4.71. The molecular formula is C11H8F4N4. The molecule has 19 heavy (non-hydrogen) atoms. The molecule has 3 N–H and O–H groups in total. The van der Waals surface area contributed by atoms with Crippen molar-refractivity contribution in [3.63, 3.8) is 0 Å². The Morgan fingerprint density at radius 1 is 1.11 bits per heavy atom. The summed E-state index contributed by atoms with van der Waals surface area (Å²) in [5.41, 5.74) is 4.32. The van der Waals surface area contributed by atoms with E-state index in [0.717, 1.165) is 6.07 Å². The summed E-state index contributed by atoms with van der Waals surface area (Å²) in [6.07, 6.45) is -2.05. The van der Waals surface area contributed by atoms with Crippen molar-refractivity contribution in [1.82, 2.24) is 9.97 Å². The molecule has 2 rings (SSSR count). The fourth-order valence-corrected chi connectivity index (χ4v) is 1.32. The number of nitrogens with two attached hydrogens (primary N) is 1. The molecule has 4 nitrogen and oxygen atoms in total. The van der Waals surface area contributed by atoms with Crippen LogP contribution in [0.5, 0.6) is 0 Å². The van der Waals surface area contributed by atoms with Crippen LogP contribution >= 0.6 is 0 Å². The Hall–Kier alpha value is -2.38. The second-order valence-corrected chi connectivity index (χ2v) is 3.66. The molecule has 0 amide bonds. The van der Waals surface area contributed by atoms with Crippen LogP contribution in [0.15, 0.2) is 30.6 Å². The predicted octanol–water partition coefficient (Wildman–Crippen LogP) is 2.96. The number of aromatic nitrogens is 2.